The summed E-state index contributed by atoms with van der Waals surface area (Å²) < 4.78 is 0. The number of allylic oxidation sites excluding steroid dienone is 6. The third-order valence-corrected chi connectivity index (χ3v) is 0.976. The molecule has 0 bridgehead atoms. The summed E-state index contributed by atoms with van der Waals surface area (Å²) in [6.45, 7) is 8.93. The summed E-state index contributed by atoms with van der Waals surface area (Å²) in [4.78, 5) is 0. The van der Waals surface area contributed by atoms with Crippen molar-refractivity contribution in [1.29, 1.82) is 0 Å². The fourth-order valence-electron chi connectivity index (χ4n) is 0.499. The van der Waals surface area contributed by atoms with Gasteiger partial charge in [-0.2, -0.15) is 5.10 Å². The SMILES string of the molecule is C=NN/C=C/C=C\C=C/C(=C)C. The molecule has 1 N–H and O–H groups in total. The summed E-state index contributed by atoms with van der Waals surface area (Å²) in [5, 5.41) is 3.43. The van der Waals surface area contributed by atoms with Crippen molar-refractivity contribution >= 4 is 6.72 Å². The smallest absolute Gasteiger partial charge is 0.0199 e. The van der Waals surface area contributed by atoms with Crippen molar-refractivity contribution in [3.63, 3.8) is 0 Å². The van der Waals surface area contributed by atoms with Gasteiger partial charge in [0.1, 0.15) is 0 Å². The summed E-state index contributed by atoms with van der Waals surface area (Å²) in [6.07, 6.45) is 11.2. The van der Waals surface area contributed by atoms with E-state index in [1.165, 1.54) is 0 Å². The number of hydrogen-bond acceptors (Lipinski definition) is 2. The van der Waals surface area contributed by atoms with Gasteiger partial charge in [0.05, 0.1) is 0 Å². The van der Waals surface area contributed by atoms with Crippen molar-refractivity contribution in [2.75, 3.05) is 0 Å². The van der Waals surface area contributed by atoms with Crippen molar-refractivity contribution < 1.29 is 0 Å². The Morgan fingerprint density at radius 2 is 1.92 bits per heavy atom. The highest BCUT2D eigenvalue weighted by atomic mass is 15.3. The Balaban J connectivity index is 3.62. The molecule has 12 heavy (non-hydrogen) atoms. The maximum absolute atomic E-state index is 3.73. The molecule has 2 heteroatoms. The van der Waals surface area contributed by atoms with Crippen molar-refractivity contribution in [1.82, 2.24) is 5.43 Å². The van der Waals surface area contributed by atoms with Gasteiger partial charge in [0.15, 0.2) is 0 Å². The second kappa shape index (κ2) is 7.54. The standard InChI is InChI=1S/C10H14N2/c1-10(2)8-6-4-5-7-9-12-11-3/h4-9,12H,1,3H2,2H3/b5-4-,8-6-,9-7+. The van der Waals surface area contributed by atoms with Crippen LogP contribution in [0.5, 0.6) is 0 Å². The summed E-state index contributed by atoms with van der Waals surface area (Å²) in [5.74, 6) is 0. The molecule has 0 spiro atoms. The van der Waals surface area contributed by atoms with E-state index in [1.54, 1.807) is 6.20 Å². The molecule has 0 amide bonds. The molecule has 0 heterocycles. The van der Waals surface area contributed by atoms with E-state index in [2.05, 4.69) is 23.8 Å². The molecule has 0 saturated carbocycles. The average molecular weight is 162 g/mol. The second-order valence-corrected chi connectivity index (χ2v) is 2.24. The molecule has 0 rings (SSSR count). The lowest BCUT2D eigenvalue weighted by Crippen LogP contribution is -1.88. The molecular weight excluding hydrogens is 148 g/mol. The molecule has 0 aliphatic rings. The number of rotatable bonds is 5. The van der Waals surface area contributed by atoms with E-state index in [1.807, 2.05) is 37.3 Å². The van der Waals surface area contributed by atoms with Crippen LogP contribution in [0.4, 0.5) is 0 Å². The van der Waals surface area contributed by atoms with Crippen LogP contribution in [-0.4, -0.2) is 6.72 Å². The lowest BCUT2D eigenvalue weighted by molar-refractivity contribution is 0.982. The topological polar surface area (TPSA) is 24.4 Å². The molecular formula is C10H14N2. The minimum atomic E-state index is 1.04. The van der Waals surface area contributed by atoms with Crippen LogP contribution in [0.15, 0.2) is 53.8 Å². The molecule has 0 aliphatic carbocycles. The maximum Gasteiger partial charge on any atom is 0.0199 e. The van der Waals surface area contributed by atoms with Gasteiger partial charge in [-0.3, -0.25) is 5.43 Å². The van der Waals surface area contributed by atoms with Crippen molar-refractivity contribution in [2.24, 2.45) is 5.10 Å². The highest BCUT2D eigenvalue weighted by Gasteiger charge is 1.68. The second-order valence-electron chi connectivity index (χ2n) is 2.24. The van der Waals surface area contributed by atoms with Gasteiger partial charge in [-0.25, -0.2) is 0 Å². The largest absolute Gasteiger partial charge is 0.286 e. The van der Waals surface area contributed by atoms with Gasteiger partial charge >= 0.3 is 0 Å². The predicted octanol–water partition coefficient (Wildman–Crippen LogP) is 2.39. The van der Waals surface area contributed by atoms with Gasteiger partial charge in [0.2, 0.25) is 0 Å². The van der Waals surface area contributed by atoms with Gasteiger partial charge in [-0.1, -0.05) is 36.5 Å². The zero-order valence-corrected chi connectivity index (χ0v) is 7.33. The fraction of sp³-hybridized carbons (Fsp3) is 0.100. The lowest BCUT2D eigenvalue weighted by Gasteiger charge is -1.82. The minimum absolute atomic E-state index is 1.04. The molecule has 0 aromatic carbocycles. The van der Waals surface area contributed by atoms with Gasteiger partial charge < -0.3 is 0 Å². The van der Waals surface area contributed by atoms with Crippen molar-refractivity contribution in [2.45, 2.75) is 6.92 Å². The monoisotopic (exact) mass is 162 g/mol. The summed E-state index contributed by atoms with van der Waals surface area (Å²) >= 11 is 0. The van der Waals surface area contributed by atoms with Crippen LogP contribution in [0.1, 0.15) is 6.92 Å². The van der Waals surface area contributed by atoms with Crippen LogP contribution in [0.25, 0.3) is 0 Å². The Bertz CT molecular complexity index is 222. The van der Waals surface area contributed by atoms with Crippen LogP contribution >= 0.6 is 0 Å². The Labute approximate surface area is 73.7 Å². The Morgan fingerprint density at radius 3 is 2.50 bits per heavy atom. The molecule has 0 fully saturated rings. The van der Waals surface area contributed by atoms with Gasteiger partial charge in [0.25, 0.3) is 0 Å². The average Bonchev–Trinajstić information content (AvgIpc) is 2.02. The van der Waals surface area contributed by atoms with Gasteiger partial charge in [-0.15, -0.1) is 0 Å². The molecule has 0 unspecified atom stereocenters. The van der Waals surface area contributed by atoms with Gasteiger partial charge in [0, 0.05) is 12.9 Å². The summed E-state index contributed by atoms with van der Waals surface area (Å²) in [6, 6.07) is 0. The van der Waals surface area contributed by atoms with E-state index in [0.717, 1.165) is 5.57 Å². The molecule has 64 valence electrons. The zero-order chi connectivity index (χ0) is 9.23. The zero-order valence-electron chi connectivity index (χ0n) is 7.33. The van der Waals surface area contributed by atoms with E-state index in [0.29, 0.717) is 0 Å². The fourth-order valence-corrected chi connectivity index (χ4v) is 0.499. The number of hydrogen-bond donors (Lipinski definition) is 1. The Hall–Kier alpha value is -1.57. The van der Waals surface area contributed by atoms with Crippen LogP contribution in [-0.2, 0) is 0 Å². The molecule has 0 aromatic heterocycles. The van der Waals surface area contributed by atoms with Crippen molar-refractivity contribution in [3.05, 3.63) is 48.7 Å². The Morgan fingerprint density at radius 1 is 1.25 bits per heavy atom. The van der Waals surface area contributed by atoms with Crippen LogP contribution in [0, 0.1) is 0 Å². The van der Waals surface area contributed by atoms with E-state index < -0.39 is 0 Å². The van der Waals surface area contributed by atoms with E-state index in [9.17, 15) is 0 Å². The lowest BCUT2D eigenvalue weighted by atomic mass is 10.3. The number of hydrazone groups is 1. The minimum Gasteiger partial charge on any atom is -0.286 e. The van der Waals surface area contributed by atoms with Crippen LogP contribution < -0.4 is 5.43 Å². The molecule has 0 atom stereocenters. The Kier molecular flexibility index (Phi) is 6.55. The predicted molar refractivity (Wildman–Crippen MR) is 54.9 cm³/mol. The highest BCUT2D eigenvalue weighted by molar-refractivity contribution is 5.23. The molecule has 2 nitrogen and oxygen atoms in total. The molecule has 0 aliphatic heterocycles. The van der Waals surface area contributed by atoms with Gasteiger partial charge in [-0.05, 0) is 13.0 Å². The first-order chi connectivity index (χ1) is 5.77. The van der Waals surface area contributed by atoms with Crippen LogP contribution in [0.2, 0.25) is 0 Å². The first-order valence-corrected chi connectivity index (χ1v) is 3.64. The van der Waals surface area contributed by atoms with E-state index in [-0.39, 0.29) is 0 Å². The van der Waals surface area contributed by atoms with E-state index >= 15 is 0 Å². The normalized spacial score (nSPS) is 11.4. The maximum atomic E-state index is 3.73. The third kappa shape index (κ3) is 8.43. The number of nitrogens with zero attached hydrogens (tertiary/aromatic N) is 1. The molecule has 0 aromatic rings. The molecule has 0 saturated heterocycles. The van der Waals surface area contributed by atoms with Crippen LogP contribution in [0.3, 0.4) is 0 Å². The number of nitrogens with one attached hydrogen (secondary N) is 1. The van der Waals surface area contributed by atoms with E-state index in [4.69, 9.17) is 0 Å². The third-order valence-electron chi connectivity index (χ3n) is 0.976. The summed E-state index contributed by atoms with van der Waals surface area (Å²) in [7, 11) is 0. The molecule has 0 radical (unpaired) electrons. The highest BCUT2D eigenvalue weighted by Crippen LogP contribution is 1.88. The quantitative estimate of drug-likeness (QED) is 0.374. The summed E-state index contributed by atoms with van der Waals surface area (Å²) in [5.41, 5.74) is 3.62. The first-order valence-electron chi connectivity index (χ1n) is 3.64. The first kappa shape index (κ1) is 10.4. The van der Waals surface area contributed by atoms with Crippen molar-refractivity contribution in [3.8, 4) is 0 Å².